The highest BCUT2D eigenvalue weighted by Gasteiger charge is 2.02. The van der Waals surface area contributed by atoms with Gasteiger partial charge in [0.15, 0.2) is 0 Å². The molecular formula is C36H84N2O9S2. The summed E-state index contributed by atoms with van der Waals surface area (Å²) in [5.74, 6) is 0. The summed E-state index contributed by atoms with van der Waals surface area (Å²) in [5, 5.41) is 0. The standard InChI is InChI=1S/C24H50O.C12H26O4S.2H3N.H2O4S/c1-3-5-7-9-11-13-15-17-19-21-23-25-24-22-20-18-16-14-12-10-8-6-4-2;1-2-3-4-5-6-7-8-9-10-11-12-16-17(13,14)15;;;1-5(2,3)4/h3-24H2,1-2H3;2-12H2,1H3,(H,13,14,15);2*1H3;(H2,1,2,3,4). The maximum Gasteiger partial charge on any atom is 0.397 e. The molecule has 0 atom stereocenters. The molecular weight excluding hydrogens is 669 g/mol. The molecule has 0 aromatic rings. The van der Waals surface area contributed by atoms with Gasteiger partial charge in [-0.1, -0.05) is 194 Å². The van der Waals surface area contributed by atoms with Gasteiger partial charge in [0.1, 0.15) is 0 Å². The van der Waals surface area contributed by atoms with Crippen LogP contribution in [-0.2, 0) is 29.7 Å². The van der Waals surface area contributed by atoms with Gasteiger partial charge in [0, 0.05) is 13.2 Å². The number of hydrogen-bond donors (Lipinski definition) is 5. The monoisotopic (exact) mass is 753 g/mol. The highest BCUT2D eigenvalue weighted by Crippen LogP contribution is 2.13. The Morgan fingerprint density at radius 3 is 0.735 bits per heavy atom. The minimum atomic E-state index is -4.67. The van der Waals surface area contributed by atoms with Crippen LogP contribution in [0.4, 0.5) is 0 Å². The SMILES string of the molecule is CCCCCCCCCCCCOCCCCCCCCCCCC.CCCCCCCCCCCCOS(=O)(=O)O.N.N.O=S(=O)(O)O. The van der Waals surface area contributed by atoms with E-state index in [1.54, 1.807) is 0 Å². The van der Waals surface area contributed by atoms with Gasteiger partial charge >= 0.3 is 20.8 Å². The van der Waals surface area contributed by atoms with Crippen molar-refractivity contribution in [3.63, 3.8) is 0 Å². The lowest BCUT2D eigenvalue weighted by atomic mass is 10.1. The van der Waals surface area contributed by atoms with Crippen molar-refractivity contribution in [1.82, 2.24) is 12.3 Å². The van der Waals surface area contributed by atoms with Crippen LogP contribution in [0, 0.1) is 0 Å². The first-order valence-electron chi connectivity index (χ1n) is 19.4. The van der Waals surface area contributed by atoms with Gasteiger partial charge in [-0.2, -0.15) is 16.8 Å². The third-order valence-electron chi connectivity index (χ3n) is 8.01. The van der Waals surface area contributed by atoms with Gasteiger partial charge in [-0.25, -0.2) is 4.18 Å². The van der Waals surface area contributed by atoms with Crippen LogP contribution in [0.3, 0.4) is 0 Å². The molecule has 0 aromatic carbocycles. The first kappa shape index (κ1) is 57.9. The molecule has 0 amide bonds. The van der Waals surface area contributed by atoms with Crippen molar-refractivity contribution in [2.24, 2.45) is 0 Å². The van der Waals surface area contributed by atoms with E-state index in [0.717, 1.165) is 26.1 Å². The van der Waals surface area contributed by atoms with E-state index in [9.17, 15) is 8.42 Å². The molecule has 0 fully saturated rings. The summed E-state index contributed by atoms with van der Waals surface area (Å²) in [6, 6.07) is 0. The Morgan fingerprint density at radius 2 is 0.531 bits per heavy atom. The summed E-state index contributed by atoms with van der Waals surface area (Å²) in [4.78, 5) is 0. The van der Waals surface area contributed by atoms with E-state index < -0.39 is 20.8 Å². The highest BCUT2D eigenvalue weighted by molar-refractivity contribution is 7.80. The zero-order valence-electron chi connectivity index (χ0n) is 32.4. The number of rotatable bonds is 34. The summed E-state index contributed by atoms with van der Waals surface area (Å²) in [5.41, 5.74) is 0. The molecule has 0 saturated heterocycles. The van der Waals surface area contributed by atoms with Crippen LogP contribution in [-0.4, -0.2) is 50.3 Å². The Kier molecular flexibility index (Phi) is 56.3. The van der Waals surface area contributed by atoms with Crippen LogP contribution in [0.15, 0.2) is 0 Å². The van der Waals surface area contributed by atoms with E-state index in [2.05, 4.69) is 25.0 Å². The summed E-state index contributed by atoms with van der Waals surface area (Å²) in [6.45, 7) is 8.88. The second-order valence-electron chi connectivity index (χ2n) is 12.9. The Labute approximate surface area is 304 Å². The average Bonchev–Trinajstić information content (AvgIpc) is 2.99. The van der Waals surface area contributed by atoms with Crippen molar-refractivity contribution in [2.45, 2.75) is 213 Å². The quantitative estimate of drug-likeness (QED) is 0.0307. The molecule has 49 heavy (non-hydrogen) atoms. The minimum Gasteiger partial charge on any atom is -0.381 e. The van der Waals surface area contributed by atoms with E-state index in [1.807, 2.05) is 0 Å². The molecule has 0 bridgehead atoms. The van der Waals surface area contributed by atoms with Gasteiger partial charge in [0.2, 0.25) is 0 Å². The van der Waals surface area contributed by atoms with Crippen LogP contribution in [0.2, 0.25) is 0 Å². The molecule has 0 heterocycles. The Bertz CT molecular complexity index is 757. The first-order valence-corrected chi connectivity index (χ1v) is 22.1. The molecule has 9 N–H and O–H groups in total. The molecule has 0 aliphatic heterocycles. The van der Waals surface area contributed by atoms with E-state index in [4.69, 9.17) is 26.8 Å². The highest BCUT2D eigenvalue weighted by atomic mass is 32.3. The third-order valence-corrected chi connectivity index (χ3v) is 8.48. The lowest BCUT2D eigenvalue weighted by molar-refractivity contribution is 0.125. The smallest absolute Gasteiger partial charge is 0.381 e. The normalized spacial score (nSPS) is 11.1. The van der Waals surface area contributed by atoms with Crippen LogP contribution in [0.1, 0.15) is 213 Å². The van der Waals surface area contributed by atoms with E-state index in [0.29, 0.717) is 6.42 Å². The van der Waals surface area contributed by atoms with Crippen molar-refractivity contribution in [1.29, 1.82) is 0 Å². The fourth-order valence-electron chi connectivity index (χ4n) is 5.24. The van der Waals surface area contributed by atoms with Crippen molar-refractivity contribution >= 4 is 20.8 Å². The molecule has 0 radical (unpaired) electrons. The van der Waals surface area contributed by atoms with Crippen molar-refractivity contribution in [2.75, 3.05) is 19.8 Å². The maximum absolute atomic E-state index is 10.2. The molecule has 0 aliphatic carbocycles. The third kappa shape index (κ3) is 78.1. The van der Waals surface area contributed by atoms with Crippen molar-refractivity contribution in [3.8, 4) is 0 Å². The zero-order valence-corrected chi connectivity index (χ0v) is 34.0. The van der Waals surface area contributed by atoms with Crippen LogP contribution in [0.5, 0.6) is 0 Å². The number of unbranched alkanes of at least 4 members (excludes halogenated alkanes) is 27. The zero-order chi connectivity index (χ0) is 35.7. The molecule has 0 rings (SSSR count). The van der Waals surface area contributed by atoms with Gasteiger partial charge in [-0.15, -0.1) is 0 Å². The average molecular weight is 753 g/mol. The summed E-state index contributed by atoms with van der Waals surface area (Å²) < 4.78 is 70.4. The lowest BCUT2D eigenvalue weighted by Gasteiger charge is -2.05. The molecule has 0 saturated carbocycles. The van der Waals surface area contributed by atoms with Crippen molar-refractivity contribution < 1.29 is 39.4 Å². The van der Waals surface area contributed by atoms with Gasteiger partial charge < -0.3 is 17.0 Å². The fourth-order valence-corrected chi connectivity index (χ4v) is 5.57. The van der Waals surface area contributed by atoms with Crippen LogP contribution < -0.4 is 12.3 Å². The number of ether oxygens (including phenoxy) is 1. The molecule has 13 heteroatoms. The molecule has 11 nitrogen and oxygen atoms in total. The summed E-state index contributed by atoms with van der Waals surface area (Å²) >= 11 is 0. The molecule has 0 aliphatic rings. The van der Waals surface area contributed by atoms with Crippen LogP contribution in [0.25, 0.3) is 0 Å². The molecule has 0 aromatic heterocycles. The minimum absolute atomic E-state index is 0. The predicted octanol–water partition coefficient (Wildman–Crippen LogP) is 12.2. The van der Waals surface area contributed by atoms with Crippen LogP contribution >= 0.6 is 0 Å². The van der Waals surface area contributed by atoms with Gasteiger partial charge in [-0.05, 0) is 19.3 Å². The Morgan fingerprint density at radius 1 is 0.347 bits per heavy atom. The second kappa shape index (κ2) is 47.6. The Balaban J connectivity index is -0.000000233. The fraction of sp³-hybridized carbons (Fsp3) is 1.00. The van der Waals surface area contributed by atoms with E-state index >= 15 is 0 Å². The summed E-state index contributed by atoms with van der Waals surface area (Å²) in [7, 11) is -8.90. The topological polar surface area (TPSA) is 217 Å². The second-order valence-corrected chi connectivity index (χ2v) is 14.8. The van der Waals surface area contributed by atoms with Gasteiger partial charge in [-0.3, -0.25) is 13.7 Å². The Hall–Kier alpha value is -0.380. The summed E-state index contributed by atoms with van der Waals surface area (Å²) in [6.07, 6.45) is 40.0. The van der Waals surface area contributed by atoms with Crippen molar-refractivity contribution in [3.05, 3.63) is 0 Å². The van der Waals surface area contributed by atoms with E-state index in [-0.39, 0.29) is 18.9 Å². The lowest BCUT2D eigenvalue weighted by Crippen LogP contribution is -2.04. The molecule has 0 unspecified atom stereocenters. The number of hydrogen-bond acceptors (Lipinski definition) is 8. The predicted molar refractivity (Wildman–Crippen MR) is 208 cm³/mol. The molecule has 0 spiro atoms. The first-order chi connectivity index (χ1) is 22.5. The van der Waals surface area contributed by atoms with E-state index in [1.165, 1.54) is 173 Å². The maximum atomic E-state index is 10.2. The molecule has 304 valence electrons. The van der Waals surface area contributed by atoms with Gasteiger partial charge in [0.05, 0.1) is 6.61 Å². The largest absolute Gasteiger partial charge is 0.397 e. The van der Waals surface area contributed by atoms with Gasteiger partial charge in [0.25, 0.3) is 0 Å².